The zero-order valence-corrected chi connectivity index (χ0v) is 31.3. The van der Waals surface area contributed by atoms with Crippen LogP contribution >= 0.6 is 0 Å². The third-order valence-electron chi connectivity index (χ3n) is 12.2. The van der Waals surface area contributed by atoms with E-state index >= 15 is 4.39 Å². The molecule has 1 saturated heterocycles. The van der Waals surface area contributed by atoms with Crippen LogP contribution in [0.3, 0.4) is 0 Å². The van der Waals surface area contributed by atoms with Crippen molar-refractivity contribution >= 4 is 34.8 Å². The van der Waals surface area contributed by atoms with Crippen LogP contribution < -0.4 is 15.5 Å². The Morgan fingerprint density at radius 3 is 2.40 bits per heavy atom. The Morgan fingerprint density at radius 2 is 1.75 bits per heavy atom. The summed E-state index contributed by atoms with van der Waals surface area (Å²) in [5, 5.41) is 30.5. The van der Waals surface area contributed by atoms with Crippen molar-refractivity contribution < 1.29 is 28.4 Å². The van der Waals surface area contributed by atoms with Gasteiger partial charge in [-0.15, -0.1) is 0 Å². The summed E-state index contributed by atoms with van der Waals surface area (Å²) in [6.07, 6.45) is 4.40. The summed E-state index contributed by atoms with van der Waals surface area (Å²) in [6, 6.07) is 19.1. The molecule has 12 heteroatoms. The first-order valence-corrected chi connectivity index (χ1v) is 19.2. The van der Waals surface area contributed by atoms with E-state index in [2.05, 4.69) is 76.1 Å². The topological polar surface area (TPSA) is 152 Å². The number of aliphatic hydroxyl groups is 1. The van der Waals surface area contributed by atoms with Crippen LogP contribution in [0.1, 0.15) is 96.1 Å². The minimum atomic E-state index is -1.42. The molecule has 2 aliphatic heterocycles. The van der Waals surface area contributed by atoms with Gasteiger partial charge in [-0.25, -0.2) is 4.39 Å². The number of anilines is 3. The van der Waals surface area contributed by atoms with Gasteiger partial charge in [-0.1, -0.05) is 29.4 Å². The molecule has 2 saturated carbocycles. The van der Waals surface area contributed by atoms with E-state index in [0.29, 0.717) is 18.4 Å². The lowest BCUT2D eigenvalue weighted by Crippen LogP contribution is -2.53. The van der Waals surface area contributed by atoms with Crippen LogP contribution in [-0.4, -0.2) is 52.0 Å². The molecule has 11 nitrogen and oxygen atoms in total. The second-order valence-corrected chi connectivity index (χ2v) is 15.8. The number of carbonyl (C=O) groups is 3. The average Bonchev–Trinajstić information content (AvgIpc) is 3.86. The molecule has 2 aliphatic carbocycles. The molecular formula is C43H45FN6O5. The Kier molecular flexibility index (Phi) is 9.45. The Labute approximate surface area is 319 Å². The maximum absolute atomic E-state index is 15.4. The van der Waals surface area contributed by atoms with Crippen molar-refractivity contribution in [3.05, 3.63) is 94.1 Å². The van der Waals surface area contributed by atoms with E-state index in [9.17, 15) is 24.8 Å². The summed E-state index contributed by atoms with van der Waals surface area (Å²) >= 11 is 0. The third kappa shape index (κ3) is 6.75. The fourth-order valence-electron chi connectivity index (χ4n) is 8.76. The number of imide groups is 1. The smallest absolute Gasteiger partial charge is 0.257 e. The Hall–Kier alpha value is -5.54. The van der Waals surface area contributed by atoms with Gasteiger partial charge in [-0.3, -0.25) is 24.6 Å². The van der Waals surface area contributed by atoms with E-state index in [1.54, 1.807) is 0 Å². The number of nitrogens with zero attached hydrogens (tertiary/aromatic N) is 4. The molecule has 1 aromatic heterocycles. The highest BCUT2D eigenvalue weighted by atomic mass is 19.1. The molecule has 0 spiro atoms. The molecule has 2 unspecified atom stereocenters. The van der Waals surface area contributed by atoms with E-state index in [1.165, 1.54) is 6.07 Å². The zero-order chi connectivity index (χ0) is 38.6. The predicted octanol–water partition coefficient (Wildman–Crippen LogP) is 7.27. The molecule has 284 valence electrons. The number of halogens is 1. The summed E-state index contributed by atoms with van der Waals surface area (Å²) in [4.78, 5) is 40.7. The first kappa shape index (κ1) is 36.4. The van der Waals surface area contributed by atoms with Crippen molar-refractivity contribution in [2.24, 2.45) is 11.8 Å². The molecule has 4 aromatic rings. The maximum Gasteiger partial charge on any atom is 0.257 e. The molecule has 8 rings (SSSR count). The molecule has 3 N–H and O–H groups in total. The predicted molar refractivity (Wildman–Crippen MR) is 204 cm³/mol. The molecule has 3 fully saturated rings. The zero-order valence-electron chi connectivity index (χ0n) is 31.3. The van der Waals surface area contributed by atoms with Gasteiger partial charge in [0.25, 0.3) is 5.91 Å². The second-order valence-electron chi connectivity index (χ2n) is 15.8. The number of carbonyl (C=O) groups excluding carboxylic acids is 3. The van der Waals surface area contributed by atoms with Crippen molar-refractivity contribution in [1.82, 2.24) is 15.4 Å². The van der Waals surface area contributed by atoms with Crippen molar-refractivity contribution in [3.63, 3.8) is 0 Å². The average molecular weight is 745 g/mol. The molecular weight excluding hydrogens is 700 g/mol. The third-order valence-corrected chi connectivity index (χ3v) is 12.2. The highest BCUT2D eigenvalue weighted by Gasteiger charge is 2.46. The van der Waals surface area contributed by atoms with Crippen molar-refractivity contribution in [1.29, 1.82) is 5.26 Å². The van der Waals surface area contributed by atoms with Gasteiger partial charge in [-0.2, -0.15) is 5.26 Å². The minimum absolute atomic E-state index is 0.0181. The first-order chi connectivity index (χ1) is 26.5. The Bertz CT molecular complexity index is 2200. The van der Waals surface area contributed by atoms with E-state index in [-0.39, 0.29) is 35.1 Å². The Balaban J connectivity index is 0.957. The van der Waals surface area contributed by atoms with E-state index in [4.69, 9.17) is 4.52 Å². The van der Waals surface area contributed by atoms with Crippen LogP contribution in [0.15, 0.2) is 59.1 Å². The second kappa shape index (κ2) is 14.3. The molecule has 0 bridgehead atoms. The standard InChI is InChI=1S/C43H45FN6O5/c1-24-4-9-29(39-25(2)48-55-26(39)3)18-37(24)49(31-12-10-30(11-13-31)43(23-45)16-17-43)22-28-7-5-27(6-8-28)21-46-35-20-33-32(19-34(35)44)41(53)50(42(33)54)36-14-15-38(51)47-40(36)52/h4,9-13,18-20,27-28,36,42,46,54H,5-8,14-17,21-22H2,1-3H3,(H,47,51,52). The van der Waals surface area contributed by atoms with Crippen LogP contribution in [0.2, 0.25) is 0 Å². The van der Waals surface area contributed by atoms with Gasteiger partial charge in [0.15, 0.2) is 6.23 Å². The fourth-order valence-corrected chi connectivity index (χ4v) is 8.76. The number of aliphatic hydroxyl groups excluding tert-OH is 1. The summed E-state index contributed by atoms with van der Waals surface area (Å²) < 4.78 is 20.9. The summed E-state index contributed by atoms with van der Waals surface area (Å²) in [5.41, 5.74) is 7.40. The monoisotopic (exact) mass is 744 g/mol. The molecule has 3 heterocycles. The number of hydrogen-bond acceptors (Lipinski definition) is 9. The van der Waals surface area contributed by atoms with Crippen LogP contribution in [0.25, 0.3) is 11.1 Å². The van der Waals surface area contributed by atoms with Crippen LogP contribution in [0.4, 0.5) is 21.5 Å². The summed E-state index contributed by atoms with van der Waals surface area (Å²) in [6.45, 7) is 7.36. The molecule has 0 radical (unpaired) electrons. The lowest BCUT2D eigenvalue weighted by atomic mass is 9.81. The number of amides is 3. The summed E-state index contributed by atoms with van der Waals surface area (Å²) in [7, 11) is 0. The van der Waals surface area contributed by atoms with Gasteiger partial charge >= 0.3 is 0 Å². The maximum atomic E-state index is 15.4. The Morgan fingerprint density at radius 1 is 1.02 bits per heavy atom. The van der Waals surface area contributed by atoms with Crippen molar-refractivity contribution in [3.8, 4) is 17.2 Å². The van der Waals surface area contributed by atoms with Crippen LogP contribution in [-0.2, 0) is 15.0 Å². The fraction of sp³-hybridized carbons (Fsp3) is 0.419. The lowest BCUT2D eigenvalue weighted by Gasteiger charge is -2.35. The van der Waals surface area contributed by atoms with Crippen molar-refractivity contribution in [2.45, 2.75) is 89.8 Å². The molecule has 3 amide bonds. The van der Waals surface area contributed by atoms with Gasteiger partial charge in [0.2, 0.25) is 11.8 Å². The van der Waals surface area contributed by atoms with E-state index in [1.807, 2.05) is 13.8 Å². The first-order valence-electron chi connectivity index (χ1n) is 19.2. The van der Waals surface area contributed by atoms with Gasteiger partial charge in [0.05, 0.1) is 28.4 Å². The van der Waals surface area contributed by atoms with E-state index < -0.39 is 35.8 Å². The van der Waals surface area contributed by atoms with Gasteiger partial charge in [0.1, 0.15) is 17.6 Å². The number of fused-ring (bicyclic) bond motifs is 1. The van der Waals surface area contributed by atoms with Gasteiger partial charge in [0, 0.05) is 42.0 Å². The van der Waals surface area contributed by atoms with Crippen LogP contribution in [0, 0.1) is 49.8 Å². The number of nitrogens with one attached hydrogen (secondary N) is 2. The highest BCUT2D eigenvalue weighted by molar-refractivity contribution is 6.06. The summed E-state index contributed by atoms with van der Waals surface area (Å²) in [5.74, 6) is -0.820. The number of aryl methyl sites for hydroxylation is 3. The highest BCUT2D eigenvalue weighted by Crippen LogP contribution is 2.48. The number of hydrogen-bond donors (Lipinski definition) is 3. The molecule has 2 atom stereocenters. The largest absolute Gasteiger partial charge is 0.382 e. The van der Waals surface area contributed by atoms with Gasteiger partial charge < -0.3 is 19.8 Å². The SMILES string of the molecule is Cc1ccc(-c2c(C)noc2C)cc1N(CC1CCC(CNc2cc3c(cc2F)C(=O)N(C2CCC(=O)NC2=O)C3O)CC1)c1ccc(C2(C#N)CC2)cc1. The number of benzene rings is 3. The quantitative estimate of drug-likeness (QED) is 0.142. The minimum Gasteiger partial charge on any atom is -0.382 e. The molecule has 4 aliphatic rings. The lowest BCUT2D eigenvalue weighted by molar-refractivity contribution is -0.139. The van der Waals surface area contributed by atoms with E-state index in [0.717, 1.165) is 101 Å². The molecule has 3 aromatic carbocycles. The number of rotatable bonds is 10. The molecule has 55 heavy (non-hydrogen) atoms. The number of aromatic nitrogens is 1. The van der Waals surface area contributed by atoms with Crippen LogP contribution in [0.5, 0.6) is 0 Å². The van der Waals surface area contributed by atoms with Crippen molar-refractivity contribution in [2.75, 3.05) is 23.3 Å². The normalized spacial score (nSPS) is 22.9. The number of nitriles is 1. The number of piperidine rings is 1. The van der Waals surface area contributed by atoms with Gasteiger partial charge in [-0.05, 0) is 125 Å².